The first-order valence-electron chi connectivity index (χ1n) is 9.46. The number of nitro groups is 1. The first kappa shape index (κ1) is 22.3. The van der Waals surface area contributed by atoms with Crippen molar-refractivity contribution in [2.24, 2.45) is 9.98 Å². The van der Waals surface area contributed by atoms with Crippen LogP contribution < -0.4 is 9.47 Å². The Morgan fingerprint density at radius 2 is 1.38 bits per heavy atom. The molecule has 0 aromatic heterocycles. The van der Waals surface area contributed by atoms with E-state index in [1.165, 1.54) is 44.8 Å². The molecular weight excluding hydrogens is 414 g/mol. The lowest BCUT2D eigenvalue weighted by atomic mass is 10.1. The minimum absolute atomic E-state index is 0.0368. The van der Waals surface area contributed by atoms with Crippen LogP contribution in [0, 0.1) is 10.1 Å². The Morgan fingerprint density at radius 1 is 0.875 bits per heavy atom. The molecule has 0 aliphatic carbocycles. The molecule has 3 aromatic rings. The molecule has 2 N–H and O–H groups in total. The summed E-state index contributed by atoms with van der Waals surface area (Å²) in [5.74, 6) is 0.947. The van der Waals surface area contributed by atoms with Crippen LogP contribution in [0.4, 0.5) is 5.69 Å². The van der Waals surface area contributed by atoms with Crippen molar-refractivity contribution in [2.75, 3.05) is 14.2 Å². The number of hydrogen-bond acceptors (Lipinski definition) is 8. The maximum Gasteiger partial charge on any atom is 0.276 e. The van der Waals surface area contributed by atoms with Gasteiger partial charge >= 0.3 is 0 Å². The topological polar surface area (TPSA) is 127 Å². The van der Waals surface area contributed by atoms with Gasteiger partial charge in [-0.25, -0.2) is 0 Å². The molecule has 0 heterocycles. The molecule has 0 aliphatic heterocycles. The molecule has 0 spiro atoms. The SMILES string of the molecule is COc1ccc(O)c(/C=N/C(/N=C/c2cc(OC)ccc2O)c2ccccc2[N+](=O)[O-])c1. The largest absolute Gasteiger partial charge is 0.507 e. The van der Waals surface area contributed by atoms with Gasteiger partial charge in [0.2, 0.25) is 0 Å². The first-order chi connectivity index (χ1) is 15.4. The normalized spacial score (nSPS) is 11.3. The van der Waals surface area contributed by atoms with E-state index in [0.717, 1.165) is 0 Å². The lowest BCUT2D eigenvalue weighted by Gasteiger charge is -2.10. The minimum atomic E-state index is -1.02. The van der Waals surface area contributed by atoms with Gasteiger partial charge in [0.15, 0.2) is 6.17 Å². The van der Waals surface area contributed by atoms with Crippen molar-refractivity contribution < 1.29 is 24.6 Å². The number of rotatable bonds is 8. The summed E-state index contributed by atoms with van der Waals surface area (Å²) in [6, 6.07) is 15.4. The van der Waals surface area contributed by atoms with E-state index in [1.54, 1.807) is 42.5 Å². The van der Waals surface area contributed by atoms with Crippen molar-refractivity contribution in [1.82, 2.24) is 0 Å². The zero-order valence-corrected chi connectivity index (χ0v) is 17.4. The van der Waals surface area contributed by atoms with Gasteiger partial charge in [-0.15, -0.1) is 0 Å². The van der Waals surface area contributed by atoms with Crippen molar-refractivity contribution in [3.8, 4) is 23.0 Å². The van der Waals surface area contributed by atoms with Crippen molar-refractivity contribution in [1.29, 1.82) is 0 Å². The highest BCUT2D eigenvalue weighted by Crippen LogP contribution is 2.30. The van der Waals surface area contributed by atoms with Crippen molar-refractivity contribution in [3.63, 3.8) is 0 Å². The van der Waals surface area contributed by atoms with Gasteiger partial charge in [-0.3, -0.25) is 20.1 Å². The fourth-order valence-electron chi connectivity index (χ4n) is 2.90. The van der Waals surface area contributed by atoms with E-state index in [1.807, 2.05) is 0 Å². The minimum Gasteiger partial charge on any atom is -0.507 e. The number of phenolic OH excluding ortho intramolecular Hbond substituents is 2. The highest BCUT2D eigenvalue weighted by molar-refractivity contribution is 5.86. The van der Waals surface area contributed by atoms with Crippen LogP contribution in [0.5, 0.6) is 23.0 Å². The number of ether oxygens (including phenoxy) is 2. The monoisotopic (exact) mass is 435 g/mol. The Morgan fingerprint density at radius 3 is 1.84 bits per heavy atom. The summed E-state index contributed by atoms with van der Waals surface area (Å²) in [5, 5.41) is 31.8. The molecule has 0 radical (unpaired) electrons. The standard InChI is InChI=1S/C23H21N3O6/c1-31-17-7-9-21(27)15(11-17)13-24-23(19-5-3-4-6-20(19)26(29)30)25-14-16-12-18(32-2)8-10-22(16)28/h3-14,23,27-28H,1-2H3/b24-13+,25-14+. The van der Waals surface area contributed by atoms with E-state index >= 15 is 0 Å². The molecule has 3 aromatic carbocycles. The smallest absolute Gasteiger partial charge is 0.276 e. The van der Waals surface area contributed by atoms with Crippen LogP contribution in [0.2, 0.25) is 0 Å². The Balaban J connectivity index is 2.06. The van der Waals surface area contributed by atoms with Gasteiger partial charge in [0.1, 0.15) is 23.0 Å². The number of nitrogens with zero attached hydrogens (tertiary/aromatic N) is 3. The van der Waals surface area contributed by atoms with Crippen LogP contribution >= 0.6 is 0 Å². The van der Waals surface area contributed by atoms with Gasteiger partial charge in [0, 0.05) is 29.6 Å². The summed E-state index contributed by atoms with van der Waals surface area (Å²) in [5.41, 5.74) is 0.797. The van der Waals surface area contributed by atoms with E-state index in [4.69, 9.17) is 9.47 Å². The van der Waals surface area contributed by atoms with Gasteiger partial charge in [0.05, 0.1) is 24.7 Å². The van der Waals surface area contributed by atoms with Crippen molar-refractivity contribution in [2.45, 2.75) is 6.17 Å². The molecule has 164 valence electrons. The molecule has 0 atom stereocenters. The fraction of sp³-hybridized carbons (Fsp3) is 0.130. The maximum atomic E-state index is 11.5. The molecule has 32 heavy (non-hydrogen) atoms. The highest BCUT2D eigenvalue weighted by Gasteiger charge is 2.20. The quantitative estimate of drug-likeness (QED) is 0.309. The van der Waals surface area contributed by atoms with Crippen LogP contribution in [0.15, 0.2) is 70.6 Å². The van der Waals surface area contributed by atoms with Crippen molar-refractivity contribution in [3.05, 3.63) is 87.5 Å². The maximum absolute atomic E-state index is 11.5. The third-order valence-electron chi connectivity index (χ3n) is 4.59. The number of methoxy groups -OCH3 is 2. The Hall–Kier alpha value is -4.40. The van der Waals surface area contributed by atoms with Crippen LogP contribution in [0.25, 0.3) is 0 Å². The number of hydrogen-bond donors (Lipinski definition) is 2. The van der Waals surface area contributed by atoms with Gasteiger partial charge in [-0.1, -0.05) is 12.1 Å². The van der Waals surface area contributed by atoms with Gasteiger partial charge in [-0.2, -0.15) is 0 Å². The summed E-state index contributed by atoms with van der Waals surface area (Å²) in [4.78, 5) is 19.8. The van der Waals surface area contributed by atoms with Gasteiger partial charge in [-0.05, 0) is 42.5 Å². The first-order valence-corrected chi connectivity index (χ1v) is 9.46. The number of benzene rings is 3. The molecule has 0 unspecified atom stereocenters. The molecule has 3 rings (SSSR count). The second kappa shape index (κ2) is 10.1. The third-order valence-corrected chi connectivity index (χ3v) is 4.59. The average Bonchev–Trinajstić information content (AvgIpc) is 2.81. The van der Waals surface area contributed by atoms with Gasteiger partial charge < -0.3 is 19.7 Å². The van der Waals surface area contributed by atoms with Crippen molar-refractivity contribution >= 4 is 18.1 Å². The van der Waals surface area contributed by atoms with Crippen LogP contribution in [-0.2, 0) is 0 Å². The predicted molar refractivity (Wildman–Crippen MR) is 120 cm³/mol. The number of nitro benzene ring substituents is 1. The molecule has 0 fully saturated rings. The molecule has 0 saturated heterocycles. The highest BCUT2D eigenvalue weighted by atomic mass is 16.6. The molecule has 0 saturated carbocycles. The molecule has 9 heteroatoms. The summed E-state index contributed by atoms with van der Waals surface area (Å²) in [7, 11) is 2.99. The Kier molecular flexibility index (Phi) is 7.02. The number of phenols is 2. The molecule has 0 bridgehead atoms. The molecular formula is C23H21N3O6. The zero-order valence-electron chi connectivity index (χ0n) is 17.4. The van der Waals surface area contributed by atoms with E-state index in [0.29, 0.717) is 22.6 Å². The van der Waals surface area contributed by atoms with Crippen LogP contribution in [-0.4, -0.2) is 41.8 Å². The number of para-hydroxylation sites is 1. The Labute approximate surface area is 184 Å². The molecule has 9 nitrogen and oxygen atoms in total. The van der Waals surface area contributed by atoms with Crippen LogP contribution in [0.1, 0.15) is 22.9 Å². The number of aliphatic imine (C=N–C) groups is 2. The summed E-state index contributed by atoms with van der Waals surface area (Å²) >= 11 is 0. The third kappa shape index (κ3) is 5.20. The summed E-state index contributed by atoms with van der Waals surface area (Å²) < 4.78 is 10.3. The van der Waals surface area contributed by atoms with Crippen LogP contribution in [0.3, 0.4) is 0 Å². The van der Waals surface area contributed by atoms with E-state index in [-0.39, 0.29) is 22.7 Å². The fourth-order valence-corrected chi connectivity index (χ4v) is 2.90. The predicted octanol–water partition coefficient (Wildman–Crippen LogP) is 4.26. The van der Waals surface area contributed by atoms with Gasteiger partial charge in [0.25, 0.3) is 5.69 Å². The lowest BCUT2D eigenvalue weighted by molar-refractivity contribution is -0.385. The van der Waals surface area contributed by atoms with E-state index in [2.05, 4.69) is 9.98 Å². The second-order valence-electron chi connectivity index (χ2n) is 6.60. The average molecular weight is 435 g/mol. The molecule has 0 amide bonds. The zero-order chi connectivity index (χ0) is 23.1. The lowest BCUT2D eigenvalue weighted by Crippen LogP contribution is -2.01. The number of aromatic hydroxyl groups is 2. The molecule has 0 aliphatic rings. The second-order valence-corrected chi connectivity index (χ2v) is 6.60. The van der Waals surface area contributed by atoms with E-state index in [9.17, 15) is 20.3 Å². The Bertz CT molecular complexity index is 1110. The summed E-state index contributed by atoms with van der Waals surface area (Å²) in [6.07, 6.45) is 1.71. The summed E-state index contributed by atoms with van der Waals surface area (Å²) in [6.45, 7) is 0. The van der Waals surface area contributed by atoms with E-state index < -0.39 is 11.1 Å².